The molecule has 5 heteroatoms. The van der Waals surface area contributed by atoms with Gasteiger partial charge < -0.3 is 5.11 Å². The molecule has 0 unspecified atom stereocenters. The van der Waals surface area contributed by atoms with Gasteiger partial charge in [0, 0.05) is 0 Å². The summed E-state index contributed by atoms with van der Waals surface area (Å²) in [6.45, 7) is 0. The molecule has 1 nitrogen and oxygen atoms in total. The highest BCUT2D eigenvalue weighted by atomic mass is 35.5. The number of aliphatic hydroxyl groups excluding tert-OH is 1. The highest BCUT2D eigenvalue weighted by molar-refractivity contribution is 6.48. The average Bonchev–Trinajstić information content (AvgIpc) is 1.64. The number of alkyl halides is 4. The standard InChI is InChI=1S/C3H4Cl4O/c4-2(5)1(8)3(6)7/h1-3,8H. The second-order valence-electron chi connectivity index (χ2n) is 1.16. The Morgan fingerprint density at radius 3 is 1.12 bits per heavy atom. The predicted molar refractivity (Wildman–Crippen MR) is 37.0 cm³/mol. The van der Waals surface area contributed by atoms with E-state index in [-0.39, 0.29) is 0 Å². The van der Waals surface area contributed by atoms with E-state index >= 15 is 0 Å². The number of halogens is 4. The van der Waals surface area contributed by atoms with E-state index in [0.717, 1.165) is 0 Å². The van der Waals surface area contributed by atoms with Gasteiger partial charge in [0.15, 0.2) is 0 Å². The molecule has 0 atom stereocenters. The summed E-state index contributed by atoms with van der Waals surface area (Å²) in [6, 6.07) is 0. The highest BCUT2D eigenvalue weighted by Gasteiger charge is 2.19. The molecule has 0 rings (SSSR count). The minimum Gasteiger partial charge on any atom is -0.387 e. The first-order valence-corrected chi connectivity index (χ1v) is 3.54. The van der Waals surface area contributed by atoms with Gasteiger partial charge in [-0.1, -0.05) is 0 Å². The van der Waals surface area contributed by atoms with Crippen LogP contribution in [0.2, 0.25) is 0 Å². The van der Waals surface area contributed by atoms with Crippen molar-refractivity contribution in [3.8, 4) is 0 Å². The molecule has 0 aliphatic carbocycles. The maximum absolute atomic E-state index is 8.68. The molecule has 0 saturated carbocycles. The molecule has 0 aromatic carbocycles. The van der Waals surface area contributed by atoms with Crippen LogP contribution in [-0.2, 0) is 0 Å². The summed E-state index contributed by atoms with van der Waals surface area (Å²) in [7, 11) is 0. The van der Waals surface area contributed by atoms with E-state index in [9.17, 15) is 0 Å². The topological polar surface area (TPSA) is 20.2 Å². The maximum Gasteiger partial charge on any atom is 0.136 e. The third-order valence-electron chi connectivity index (χ3n) is 0.516. The van der Waals surface area contributed by atoms with E-state index in [1.165, 1.54) is 0 Å². The molecule has 0 bridgehead atoms. The summed E-state index contributed by atoms with van der Waals surface area (Å²) < 4.78 is 0. The van der Waals surface area contributed by atoms with Crippen LogP contribution in [0.25, 0.3) is 0 Å². The van der Waals surface area contributed by atoms with Gasteiger partial charge in [0.2, 0.25) is 0 Å². The Morgan fingerprint density at radius 2 is 1.12 bits per heavy atom. The molecule has 0 aliphatic rings. The normalized spacial score (nSPS) is 12.0. The van der Waals surface area contributed by atoms with Crippen LogP contribution in [0.1, 0.15) is 0 Å². The van der Waals surface area contributed by atoms with Crippen molar-refractivity contribution in [3.05, 3.63) is 0 Å². The summed E-state index contributed by atoms with van der Waals surface area (Å²) in [4.78, 5) is -1.84. The first kappa shape index (κ1) is 9.12. The van der Waals surface area contributed by atoms with Gasteiger partial charge in [-0.15, -0.1) is 46.4 Å². The van der Waals surface area contributed by atoms with Gasteiger partial charge in [0.25, 0.3) is 0 Å². The zero-order chi connectivity index (χ0) is 6.73. The van der Waals surface area contributed by atoms with Crippen LogP contribution >= 0.6 is 46.4 Å². The van der Waals surface area contributed by atoms with Crippen molar-refractivity contribution in [2.45, 2.75) is 15.8 Å². The van der Waals surface area contributed by atoms with Gasteiger partial charge in [-0.05, 0) is 0 Å². The third kappa shape index (κ3) is 3.21. The second kappa shape index (κ2) is 4.02. The summed E-state index contributed by atoms with van der Waals surface area (Å²) in [6.07, 6.45) is -1.07. The van der Waals surface area contributed by atoms with Gasteiger partial charge in [0.05, 0.1) is 0 Å². The number of hydrogen-bond donors (Lipinski definition) is 1. The van der Waals surface area contributed by atoms with Crippen molar-refractivity contribution in [1.82, 2.24) is 0 Å². The van der Waals surface area contributed by atoms with Crippen LogP contribution in [0.3, 0.4) is 0 Å². The molecule has 0 saturated heterocycles. The Kier molecular flexibility index (Phi) is 4.58. The van der Waals surface area contributed by atoms with Gasteiger partial charge in [0.1, 0.15) is 15.8 Å². The molecule has 8 heavy (non-hydrogen) atoms. The number of rotatable bonds is 2. The largest absolute Gasteiger partial charge is 0.387 e. The van der Waals surface area contributed by atoms with Gasteiger partial charge in [-0.3, -0.25) is 0 Å². The Bertz CT molecular complexity index is 56.3. The van der Waals surface area contributed by atoms with E-state index < -0.39 is 15.8 Å². The molecule has 0 radical (unpaired) electrons. The molecule has 0 amide bonds. The van der Waals surface area contributed by atoms with E-state index in [1.807, 2.05) is 0 Å². The van der Waals surface area contributed by atoms with Gasteiger partial charge in [-0.25, -0.2) is 0 Å². The summed E-state index contributed by atoms with van der Waals surface area (Å²) in [5.74, 6) is 0. The van der Waals surface area contributed by atoms with E-state index in [4.69, 9.17) is 51.5 Å². The number of hydrogen-bond acceptors (Lipinski definition) is 1. The van der Waals surface area contributed by atoms with Crippen LogP contribution in [0.4, 0.5) is 0 Å². The lowest BCUT2D eigenvalue weighted by atomic mass is 10.5. The van der Waals surface area contributed by atoms with Crippen molar-refractivity contribution in [1.29, 1.82) is 0 Å². The Hall–Kier alpha value is 1.12. The van der Waals surface area contributed by atoms with Crippen LogP contribution < -0.4 is 0 Å². The molecule has 0 aromatic heterocycles. The van der Waals surface area contributed by atoms with Crippen molar-refractivity contribution in [2.75, 3.05) is 0 Å². The van der Waals surface area contributed by atoms with Crippen LogP contribution in [-0.4, -0.2) is 20.9 Å². The highest BCUT2D eigenvalue weighted by Crippen LogP contribution is 2.17. The predicted octanol–water partition coefficient (Wildman–Crippen LogP) is 1.95. The Balaban J connectivity index is 3.46. The van der Waals surface area contributed by atoms with Crippen molar-refractivity contribution < 1.29 is 5.11 Å². The third-order valence-corrected chi connectivity index (χ3v) is 1.55. The fraction of sp³-hybridized carbons (Fsp3) is 1.00. The quantitative estimate of drug-likeness (QED) is 0.672. The van der Waals surface area contributed by atoms with Gasteiger partial charge in [-0.2, -0.15) is 0 Å². The minimum absolute atomic E-state index is 0.921. The molecule has 0 heterocycles. The molecule has 0 spiro atoms. The van der Waals surface area contributed by atoms with E-state index in [2.05, 4.69) is 0 Å². The zero-order valence-electron chi connectivity index (χ0n) is 3.69. The maximum atomic E-state index is 8.68. The minimum atomic E-state index is -1.07. The Labute approximate surface area is 67.5 Å². The van der Waals surface area contributed by atoms with Crippen LogP contribution in [0.15, 0.2) is 0 Å². The van der Waals surface area contributed by atoms with Crippen molar-refractivity contribution in [2.24, 2.45) is 0 Å². The summed E-state index contributed by atoms with van der Waals surface area (Å²) >= 11 is 20.7. The fourth-order valence-electron chi connectivity index (χ4n) is 0.110. The zero-order valence-corrected chi connectivity index (χ0v) is 6.71. The van der Waals surface area contributed by atoms with E-state index in [0.29, 0.717) is 0 Å². The molecular weight excluding hydrogens is 194 g/mol. The smallest absolute Gasteiger partial charge is 0.136 e. The average molecular weight is 198 g/mol. The molecule has 1 N–H and O–H groups in total. The monoisotopic (exact) mass is 196 g/mol. The summed E-state index contributed by atoms with van der Waals surface area (Å²) in [5, 5.41) is 8.68. The van der Waals surface area contributed by atoms with Crippen LogP contribution in [0.5, 0.6) is 0 Å². The SMILES string of the molecule is OC(C(Cl)Cl)C(Cl)Cl. The molecule has 50 valence electrons. The molecule has 0 aliphatic heterocycles. The lowest BCUT2D eigenvalue weighted by Crippen LogP contribution is -2.22. The first-order chi connectivity index (χ1) is 3.55. The molecular formula is C3H4Cl4O. The van der Waals surface area contributed by atoms with E-state index in [1.54, 1.807) is 0 Å². The van der Waals surface area contributed by atoms with Crippen molar-refractivity contribution in [3.63, 3.8) is 0 Å². The lowest BCUT2D eigenvalue weighted by molar-refractivity contribution is 0.203. The molecule has 0 fully saturated rings. The first-order valence-electron chi connectivity index (χ1n) is 1.80. The second-order valence-corrected chi connectivity index (χ2v) is 3.49. The molecule has 0 aromatic rings. The number of aliphatic hydroxyl groups is 1. The van der Waals surface area contributed by atoms with Crippen LogP contribution in [0, 0.1) is 0 Å². The van der Waals surface area contributed by atoms with Crippen molar-refractivity contribution >= 4 is 46.4 Å². The Morgan fingerprint density at radius 1 is 0.875 bits per heavy atom. The summed E-state index contributed by atoms with van der Waals surface area (Å²) in [5.41, 5.74) is 0. The fourth-order valence-corrected chi connectivity index (χ4v) is 0.990. The van der Waals surface area contributed by atoms with Gasteiger partial charge >= 0.3 is 0 Å². The lowest BCUT2D eigenvalue weighted by Gasteiger charge is -2.10.